The molecule has 108 valence electrons. The van der Waals surface area contributed by atoms with Gasteiger partial charge in [-0.1, -0.05) is 11.2 Å². The maximum atomic E-state index is 14.0. The summed E-state index contributed by atoms with van der Waals surface area (Å²) < 4.78 is 14.2. The zero-order valence-corrected chi connectivity index (χ0v) is 12.3. The van der Waals surface area contributed by atoms with Gasteiger partial charge in [-0.3, -0.25) is 4.79 Å². The first-order valence-electron chi connectivity index (χ1n) is 6.26. The minimum absolute atomic E-state index is 0.0331. The van der Waals surface area contributed by atoms with Crippen molar-refractivity contribution in [2.45, 2.75) is 25.3 Å². The van der Waals surface area contributed by atoms with E-state index in [1.54, 1.807) is 17.0 Å². The van der Waals surface area contributed by atoms with Gasteiger partial charge in [-0.25, -0.2) is 4.39 Å². The molecule has 20 heavy (non-hydrogen) atoms. The van der Waals surface area contributed by atoms with Gasteiger partial charge in [0.05, 0.1) is 10.0 Å². The molecule has 0 atom stereocenters. The van der Waals surface area contributed by atoms with Gasteiger partial charge in [0.1, 0.15) is 11.7 Å². The second-order valence-electron chi connectivity index (χ2n) is 4.67. The number of hydrogen-bond acceptors (Lipinski definition) is 3. The third kappa shape index (κ3) is 3.27. The zero-order chi connectivity index (χ0) is 14.7. The Morgan fingerprint density at radius 3 is 2.85 bits per heavy atom. The summed E-state index contributed by atoms with van der Waals surface area (Å²) in [7, 11) is 0. The molecule has 0 radical (unpaired) electrons. The first kappa shape index (κ1) is 14.8. The molecule has 0 unspecified atom stereocenters. The molecule has 0 aliphatic heterocycles. The number of amidine groups is 1. The van der Waals surface area contributed by atoms with Crippen molar-refractivity contribution in [3.05, 3.63) is 34.1 Å². The van der Waals surface area contributed by atoms with Crippen LogP contribution >= 0.6 is 15.9 Å². The Morgan fingerprint density at radius 2 is 2.25 bits per heavy atom. The predicted molar refractivity (Wildman–Crippen MR) is 76.2 cm³/mol. The second-order valence-corrected chi connectivity index (χ2v) is 5.53. The number of carbonyl (C=O) groups is 1. The molecule has 0 bridgehead atoms. The van der Waals surface area contributed by atoms with Gasteiger partial charge < -0.3 is 15.8 Å². The van der Waals surface area contributed by atoms with Crippen molar-refractivity contribution in [1.82, 2.24) is 4.90 Å². The highest BCUT2D eigenvalue weighted by atomic mass is 79.9. The highest BCUT2D eigenvalue weighted by Crippen LogP contribution is 2.29. The molecule has 2 rings (SSSR count). The normalized spacial score (nSPS) is 15.2. The van der Waals surface area contributed by atoms with Gasteiger partial charge in [-0.05, 0) is 40.9 Å². The lowest BCUT2D eigenvalue weighted by atomic mass is 10.1. The van der Waals surface area contributed by atoms with E-state index in [2.05, 4.69) is 21.1 Å². The standard InChI is InChI=1S/C13H15BrFN3O2/c14-10-3-1-2-9(12(10)15)13(19)18(8-4-5-8)7-6-11(16)17-20/h1-3,8,20H,4-7H2,(H2,16,17). The lowest BCUT2D eigenvalue weighted by Crippen LogP contribution is -2.36. The lowest BCUT2D eigenvalue weighted by molar-refractivity contribution is 0.0742. The largest absolute Gasteiger partial charge is 0.409 e. The number of halogens is 2. The summed E-state index contributed by atoms with van der Waals surface area (Å²) in [5.74, 6) is -0.873. The summed E-state index contributed by atoms with van der Waals surface area (Å²) in [6.45, 7) is 0.311. The average molecular weight is 344 g/mol. The van der Waals surface area contributed by atoms with Gasteiger partial charge in [0.15, 0.2) is 0 Å². The van der Waals surface area contributed by atoms with Gasteiger partial charge in [0, 0.05) is 19.0 Å². The maximum Gasteiger partial charge on any atom is 0.257 e. The Bertz CT molecular complexity index is 546. The highest BCUT2D eigenvalue weighted by Gasteiger charge is 2.34. The number of oxime groups is 1. The number of nitrogens with two attached hydrogens (primary N) is 1. The molecule has 0 heterocycles. The summed E-state index contributed by atoms with van der Waals surface area (Å²) in [5, 5.41) is 11.4. The first-order valence-corrected chi connectivity index (χ1v) is 7.05. The van der Waals surface area contributed by atoms with Crippen LogP contribution in [-0.4, -0.2) is 34.4 Å². The molecule has 0 aromatic heterocycles. The smallest absolute Gasteiger partial charge is 0.257 e. The third-order valence-corrected chi connectivity index (χ3v) is 3.78. The molecule has 5 nitrogen and oxygen atoms in total. The van der Waals surface area contributed by atoms with E-state index in [1.807, 2.05) is 0 Å². The quantitative estimate of drug-likeness (QED) is 0.372. The Hall–Kier alpha value is -1.63. The highest BCUT2D eigenvalue weighted by molar-refractivity contribution is 9.10. The second kappa shape index (κ2) is 6.21. The van der Waals surface area contributed by atoms with Crippen molar-refractivity contribution in [2.75, 3.05) is 6.54 Å². The predicted octanol–water partition coefficient (Wildman–Crippen LogP) is 2.33. The monoisotopic (exact) mass is 343 g/mol. The number of nitrogens with zero attached hydrogens (tertiary/aromatic N) is 2. The SMILES string of the molecule is N/C(CCN(C(=O)c1cccc(Br)c1F)C1CC1)=N/O. The van der Waals surface area contributed by atoms with Gasteiger partial charge in [-0.2, -0.15) is 0 Å². The van der Waals surface area contributed by atoms with Crippen molar-refractivity contribution < 1.29 is 14.4 Å². The summed E-state index contributed by atoms with van der Waals surface area (Å²) in [6.07, 6.45) is 2.06. The molecule has 1 amide bonds. The van der Waals surface area contributed by atoms with E-state index >= 15 is 0 Å². The Kier molecular flexibility index (Phi) is 4.59. The van der Waals surface area contributed by atoms with Crippen LogP contribution in [0.15, 0.2) is 27.8 Å². The van der Waals surface area contributed by atoms with E-state index in [0.717, 1.165) is 12.8 Å². The van der Waals surface area contributed by atoms with Crippen molar-refractivity contribution in [3.8, 4) is 0 Å². The molecule has 1 saturated carbocycles. The molecule has 1 aliphatic rings. The zero-order valence-electron chi connectivity index (χ0n) is 10.7. The Morgan fingerprint density at radius 1 is 1.55 bits per heavy atom. The fourth-order valence-electron chi connectivity index (χ4n) is 1.94. The van der Waals surface area contributed by atoms with E-state index in [0.29, 0.717) is 6.54 Å². The molecule has 7 heteroatoms. The van der Waals surface area contributed by atoms with Crippen LogP contribution in [0.25, 0.3) is 0 Å². The lowest BCUT2D eigenvalue weighted by Gasteiger charge is -2.22. The van der Waals surface area contributed by atoms with E-state index in [4.69, 9.17) is 10.9 Å². The summed E-state index contributed by atoms with van der Waals surface area (Å²) >= 11 is 3.07. The van der Waals surface area contributed by atoms with Crippen LogP contribution in [0.5, 0.6) is 0 Å². The molecule has 1 aromatic rings. The van der Waals surface area contributed by atoms with E-state index in [-0.39, 0.29) is 34.2 Å². The van der Waals surface area contributed by atoms with E-state index < -0.39 is 5.82 Å². The van der Waals surface area contributed by atoms with Gasteiger partial charge in [-0.15, -0.1) is 0 Å². The van der Waals surface area contributed by atoms with Crippen LogP contribution < -0.4 is 5.73 Å². The van der Waals surface area contributed by atoms with Crippen molar-refractivity contribution in [1.29, 1.82) is 0 Å². The van der Waals surface area contributed by atoms with Crippen LogP contribution in [0.2, 0.25) is 0 Å². The summed E-state index contributed by atoms with van der Waals surface area (Å²) in [6, 6.07) is 4.74. The number of carbonyl (C=O) groups excluding carboxylic acids is 1. The van der Waals surface area contributed by atoms with Gasteiger partial charge in [0.2, 0.25) is 0 Å². The van der Waals surface area contributed by atoms with E-state index in [1.165, 1.54) is 6.07 Å². The summed E-state index contributed by atoms with van der Waals surface area (Å²) in [5.41, 5.74) is 5.45. The molecule has 1 aromatic carbocycles. The topological polar surface area (TPSA) is 78.9 Å². The number of hydrogen-bond donors (Lipinski definition) is 2. The first-order chi connectivity index (χ1) is 9.54. The van der Waals surface area contributed by atoms with Crippen LogP contribution in [0.4, 0.5) is 4.39 Å². The molecule has 3 N–H and O–H groups in total. The summed E-state index contributed by atoms with van der Waals surface area (Å²) in [4.78, 5) is 14.0. The third-order valence-electron chi connectivity index (χ3n) is 3.17. The van der Waals surface area contributed by atoms with Crippen molar-refractivity contribution in [3.63, 3.8) is 0 Å². The van der Waals surface area contributed by atoms with Gasteiger partial charge in [0.25, 0.3) is 5.91 Å². The minimum Gasteiger partial charge on any atom is -0.409 e. The molecular formula is C13H15BrFN3O2. The fourth-order valence-corrected chi connectivity index (χ4v) is 2.31. The number of rotatable bonds is 5. The average Bonchev–Trinajstić information content (AvgIpc) is 3.26. The minimum atomic E-state index is -0.563. The number of benzene rings is 1. The van der Waals surface area contributed by atoms with E-state index in [9.17, 15) is 9.18 Å². The maximum absolute atomic E-state index is 14.0. The molecule has 0 spiro atoms. The molecular weight excluding hydrogens is 329 g/mol. The Labute approximate surface area is 124 Å². The van der Waals surface area contributed by atoms with Gasteiger partial charge >= 0.3 is 0 Å². The van der Waals surface area contributed by atoms with Crippen molar-refractivity contribution >= 4 is 27.7 Å². The van der Waals surface area contributed by atoms with Crippen LogP contribution in [0, 0.1) is 5.82 Å². The molecule has 1 fully saturated rings. The van der Waals surface area contributed by atoms with Crippen LogP contribution in [0.3, 0.4) is 0 Å². The fraction of sp³-hybridized carbons (Fsp3) is 0.385. The molecule has 0 saturated heterocycles. The van der Waals surface area contributed by atoms with Crippen molar-refractivity contribution in [2.24, 2.45) is 10.9 Å². The Balaban J connectivity index is 2.17. The molecule has 1 aliphatic carbocycles. The van der Waals surface area contributed by atoms with Crippen LogP contribution in [0.1, 0.15) is 29.6 Å². The van der Waals surface area contributed by atoms with Crippen LogP contribution in [-0.2, 0) is 0 Å². The number of amides is 1.